The van der Waals surface area contributed by atoms with E-state index in [1.807, 2.05) is 0 Å². The van der Waals surface area contributed by atoms with E-state index in [9.17, 15) is 13.2 Å². The van der Waals surface area contributed by atoms with E-state index in [-0.39, 0.29) is 13.1 Å². The molecule has 2 N–H and O–H groups in total. The summed E-state index contributed by atoms with van der Waals surface area (Å²) in [4.78, 5) is 10.9. The van der Waals surface area contributed by atoms with E-state index >= 15 is 0 Å². The molecule has 1 aromatic rings. The number of hydrogen-bond donors (Lipinski definition) is 2. The van der Waals surface area contributed by atoms with Crippen molar-refractivity contribution in [3.8, 4) is 0 Å². The Morgan fingerprint density at radius 1 is 1.50 bits per heavy atom. The van der Waals surface area contributed by atoms with Crippen LogP contribution >= 0.6 is 15.9 Å². The fourth-order valence-electron chi connectivity index (χ4n) is 1.69. The van der Waals surface area contributed by atoms with Crippen molar-refractivity contribution in [2.24, 2.45) is 5.92 Å². The fraction of sp³-hybridized carbons (Fsp3) is 0.300. The highest BCUT2D eigenvalue weighted by Gasteiger charge is 2.34. The van der Waals surface area contributed by atoms with E-state index in [1.54, 1.807) is 24.3 Å². The minimum absolute atomic E-state index is 0.0683. The molecule has 1 heterocycles. The third-order valence-corrected chi connectivity index (χ3v) is 4.60. The first-order valence-corrected chi connectivity index (χ1v) is 7.39. The van der Waals surface area contributed by atoms with Crippen LogP contribution in [0.15, 0.2) is 28.7 Å². The van der Waals surface area contributed by atoms with Gasteiger partial charge in [0.1, 0.15) is 0 Å². The predicted octanol–water partition coefficient (Wildman–Crippen LogP) is 0.804. The normalized spacial score (nSPS) is 22.7. The maximum atomic E-state index is 11.9. The van der Waals surface area contributed by atoms with Gasteiger partial charge in [-0.3, -0.25) is 9.10 Å². The number of benzene rings is 1. The SMILES string of the molecule is O=C(O)C1CNS(=O)(=O)N(c2cccc(Br)c2)C1. The molecule has 8 heteroatoms. The summed E-state index contributed by atoms with van der Waals surface area (Å²) in [6.07, 6.45) is 0. The molecule has 0 bridgehead atoms. The number of anilines is 1. The van der Waals surface area contributed by atoms with Crippen molar-refractivity contribution in [1.29, 1.82) is 0 Å². The molecular weight excluding hydrogens is 324 g/mol. The zero-order valence-corrected chi connectivity index (χ0v) is 11.6. The van der Waals surface area contributed by atoms with Crippen LogP contribution in [0, 0.1) is 5.92 Å². The third kappa shape index (κ3) is 2.65. The van der Waals surface area contributed by atoms with E-state index in [0.29, 0.717) is 5.69 Å². The molecule has 0 aliphatic carbocycles. The molecule has 1 aliphatic heterocycles. The van der Waals surface area contributed by atoms with Gasteiger partial charge in [-0.25, -0.2) is 0 Å². The second kappa shape index (κ2) is 4.87. The van der Waals surface area contributed by atoms with Crippen molar-refractivity contribution in [3.63, 3.8) is 0 Å². The van der Waals surface area contributed by atoms with Crippen LogP contribution in [0.25, 0.3) is 0 Å². The lowest BCUT2D eigenvalue weighted by molar-refractivity contribution is -0.141. The number of rotatable bonds is 2. The molecule has 0 spiro atoms. The van der Waals surface area contributed by atoms with Crippen LogP contribution in [0.1, 0.15) is 0 Å². The molecule has 98 valence electrons. The molecular formula is C10H11BrN2O4S. The first kappa shape index (κ1) is 13.3. The molecule has 1 saturated heterocycles. The van der Waals surface area contributed by atoms with Gasteiger partial charge in [-0.1, -0.05) is 22.0 Å². The standard InChI is InChI=1S/C10H11BrN2O4S/c11-8-2-1-3-9(4-8)13-6-7(10(14)15)5-12-18(13,16)17/h1-4,7,12H,5-6H2,(H,14,15). The number of halogens is 1. The van der Waals surface area contributed by atoms with Gasteiger partial charge in [0, 0.05) is 17.6 Å². The van der Waals surface area contributed by atoms with E-state index in [0.717, 1.165) is 8.78 Å². The molecule has 1 aliphatic rings. The quantitative estimate of drug-likeness (QED) is 0.837. The average Bonchev–Trinajstić information content (AvgIpc) is 2.28. The number of carboxylic acid groups (broad SMARTS) is 1. The first-order chi connectivity index (χ1) is 8.40. The zero-order valence-electron chi connectivity index (χ0n) is 9.21. The molecule has 0 aromatic heterocycles. The highest BCUT2D eigenvalue weighted by atomic mass is 79.9. The smallest absolute Gasteiger partial charge is 0.309 e. The van der Waals surface area contributed by atoms with Gasteiger partial charge in [0.2, 0.25) is 0 Å². The number of nitrogens with zero attached hydrogens (tertiary/aromatic N) is 1. The first-order valence-electron chi connectivity index (χ1n) is 5.16. The van der Waals surface area contributed by atoms with Gasteiger partial charge in [0.15, 0.2) is 0 Å². The van der Waals surface area contributed by atoms with Crippen molar-refractivity contribution >= 4 is 37.8 Å². The minimum atomic E-state index is -3.66. The van der Waals surface area contributed by atoms with E-state index in [2.05, 4.69) is 20.7 Å². The van der Waals surface area contributed by atoms with Crippen molar-refractivity contribution in [2.45, 2.75) is 0 Å². The van der Waals surface area contributed by atoms with Crippen LogP contribution in [-0.4, -0.2) is 32.6 Å². The Balaban J connectivity index is 2.36. The zero-order chi connectivity index (χ0) is 13.3. The van der Waals surface area contributed by atoms with Crippen LogP contribution in [-0.2, 0) is 15.0 Å². The summed E-state index contributed by atoms with van der Waals surface area (Å²) in [6.45, 7) is -0.150. The number of carboxylic acids is 1. The topological polar surface area (TPSA) is 86.7 Å². The fourth-order valence-corrected chi connectivity index (χ4v) is 3.41. The van der Waals surface area contributed by atoms with Crippen molar-refractivity contribution in [1.82, 2.24) is 4.72 Å². The number of carbonyl (C=O) groups is 1. The van der Waals surface area contributed by atoms with Gasteiger partial charge in [0.05, 0.1) is 11.6 Å². The summed E-state index contributed by atoms with van der Waals surface area (Å²) in [7, 11) is -3.66. The van der Waals surface area contributed by atoms with E-state index < -0.39 is 22.1 Å². The van der Waals surface area contributed by atoms with Crippen LogP contribution in [0.3, 0.4) is 0 Å². The molecule has 1 unspecified atom stereocenters. The van der Waals surface area contributed by atoms with Crippen LogP contribution in [0.4, 0.5) is 5.69 Å². The maximum absolute atomic E-state index is 11.9. The second-order valence-corrected chi connectivity index (χ2v) is 6.49. The summed E-state index contributed by atoms with van der Waals surface area (Å²) in [6, 6.07) is 6.71. The van der Waals surface area contributed by atoms with Gasteiger partial charge in [-0.15, -0.1) is 0 Å². The van der Waals surface area contributed by atoms with Gasteiger partial charge in [-0.2, -0.15) is 13.1 Å². The molecule has 2 rings (SSSR count). The Kier molecular flexibility index (Phi) is 3.60. The summed E-state index contributed by atoms with van der Waals surface area (Å²) >= 11 is 3.25. The maximum Gasteiger partial charge on any atom is 0.309 e. The summed E-state index contributed by atoms with van der Waals surface area (Å²) < 4.78 is 27.8. The van der Waals surface area contributed by atoms with Gasteiger partial charge in [-0.05, 0) is 18.2 Å². The molecule has 1 atom stereocenters. The average molecular weight is 335 g/mol. The molecule has 1 fully saturated rings. The van der Waals surface area contributed by atoms with Crippen LogP contribution in [0.5, 0.6) is 0 Å². The molecule has 6 nitrogen and oxygen atoms in total. The van der Waals surface area contributed by atoms with Crippen LogP contribution < -0.4 is 9.03 Å². The largest absolute Gasteiger partial charge is 0.481 e. The Morgan fingerprint density at radius 3 is 2.83 bits per heavy atom. The van der Waals surface area contributed by atoms with E-state index in [4.69, 9.17) is 5.11 Å². The Labute approximate surface area is 113 Å². The summed E-state index contributed by atoms with van der Waals surface area (Å²) in [5.41, 5.74) is 0.433. The summed E-state index contributed by atoms with van der Waals surface area (Å²) in [5, 5.41) is 8.96. The van der Waals surface area contributed by atoms with Crippen molar-refractivity contribution in [3.05, 3.63) is 28.7 Å². The van der Waals surface area contributed by atoms with Gasteiger partial charge in [0.25, 0.3) is 0 Å². The van der Waals surface area contributed by atoms with Gasteiger partial charge < -0.3 is 5.11 Å². The van der Waals surface area contributed by atoms with E-state index in [1.165, 1.54) is 0 Å². The van der Waals surface area contributed by atoms with Gasteiger partial charge >= 0.3 is 16.2 Å². The second-order valence-electron chi connectivity index (χ2n) is 3.90. The van der Waals surface area contributed by atoms with Crippen molar-refractivity contribution in [2.75, 3.05) is 17.4 Å². The molecule has 0 radical (unpaired) electrons. The predicted molar refractivity (Wildman–Crippen MR) is 69.5 cm³/mol. The number of nitrogens with one attached hydrogen (secondary N) is 1. The highest BCUT2D eigenvalue weighted by molar-refractivity contribution is 9.10. The molecule has 0 amide bonds. The number of hydrogen-bond acceptors (Lipinski definition) is 3. The Hall–Kier alpha value is -1.12. The minimum Gasteiger partial charge on any atom is -0.481 e. The lowest BCUT2D eigenvalue weighted by atomic mass is 10.1. The number of aliphatic carboxylic acids is 1. The lowest BCUT2D eigenvalue weighted by Crippen LogP contribution is -2.53. The lowest BCUT2D eigenvalue weighted by Gasteiger charge is -2.32. The molecule has 0 saturated carbocycles. The summed E-state index contributed by atoms with van der Waals surface area (Å²) in [5.74, 6) is -1.77. The van der Waals surface area contributed by atoms with Crippen molar-refractivity contribution < 1.29 is 18.3 Å². The molecule has 18 heavy (non-hydrogen) atoms. The third-order valence-electron chi connectivity index (χ3n) is 2.63. The monoisotopic (exact) mass is 334 g/mol. The highest BCUT2D eigenvalue weighted by Crippen LogP contribution is 2.25. The Morgan fingerprint density at radius 2 is 2.22 bits per heavy atom. The Bertz CT molecular complexity index is 575. The molecule has 1 aromatic carbocycles. The van der Waals surface area contributed by atoms with Crippen LogP contribution in [0.2, 0.25) is 0 Å².